The Hall–Kier alpha value is -4.45. The molecule has 0 amide bonds. The fourth-order valence-electron chi connectivity index (χ4n) is 3.75. The molecule has 0 fully saturated rings. The van der Waals surface area contributed by atoms with Crippen LogP contribution in [0.4, 0.5) is 13.2 Å². The first-order chi connectivity index (χ1) is 18.0. The van der Waals surface area contributed by atoms with Crippen molar-refractivity contribution in [2.45, 2.75) is 38.9 Å². The van der Waals surface area contributed by atoms with Crippen LogP contribution in [0.5, 0.6) is 5.88 Å². The van der Waals surface area contributed by atoms with Crippen LogP contribution < -0.4 is 4.74 Å². The van der Waals surface area contributed by atoms with Crippen LogP contribution in [0.3, 0.4) is 0 Å². The lowest BCUT2D eigenvalue weighted by Gasteiger charge is -2.11. The Kier molecular flexibility index (Phi) is 10.6. The van der Waals surface area contributed by atoms with E-state index in [1.165, 1.54) is 0 Å². The first kappa shape index (κ1) is 30.8. The number of carboxylic acids is 2. The van der Waals surface area contributed by atoms with Crippen LogP contribution in [0, 0.1) is 0 Å². The maximum atomic E-state index is 11.5. The number of alkyl halides is 3. The predicted molar refractivity (Wildman–Crippen MR) is 138 cm³/mol. The number of carbonyl (C=O) groups is 2. The van der Waals surface area contributed by atoms with Gasteiger partial charge in [-0.15, -0.1) is 0 Å². The average molecular weight is 548 g/mol. The van der Waals surface area contributed by atoms with E-state index in [0.717, 1.165) is 47.3 Å². The molecule has 4 N–H and O–H groups in total. The van der Waals surface area contributed by atoms with Gasteiger partial charge >= 0.3 is 18.1 Å². The van der Waals surface area contributed by atoms with Crippen molar-refractivity contribution in [1.29, 1.82) is 0 Å². The molecule has 0 radical (unpaired) electrons. The summed E-state index contributed by atoms with van der Waals surface area (Å²) in [7, 11) is 1.60. The van der Waals surface area contributed by atoms with Crippen molar-refractivity contribution in [3.05, 3.63) is 77.6 Å². The molecule has 2 heterocycles. The molecule has 0 aliphatic rings. The topological polar surface area (TPSA) is 146 Å². The highest BCUT2D eigenvalue weighted by Crippen LogP contribution is 2.26. The molecule has 4 aromatic rings. The summed E-state index contributed by atoms with van der Waals surface area (Å²) >= 11 is 0. The summed E-state index contributed by atoms with van der Waals surface area (Å²) in [4.78, 5) is 29.7. The number of imidazole rings is 1. The van der Waals surface area contributed by atoms with Crippen LogP contribution in [0.2, 0.25) is 0 Å². The van der Waals surface area contributed by atoms with E-state index in [4.69, 9.17) is 19.6 Å². The first-order valence-electron chi connectivity index (χ1n) is 11.7. The molecule has 0 aliphatic carbocycles. The summed E-state index contributed by atoms with van der Waals surface area (Å²) in [5.74, 6) is -2.11. The maximum absolute atomic E-state index is 11.5. The molecule has 39 heavy (non-hydrogen) atoms. The molecular formula is C27H28F3N3O6. The van der Waals surface area contributed by atoms with Crippen molar-refractivity contribution >= 4 is 23.1 Å². The smallest absolute Gasteiger partial charge is 0.481 e. The van der Waals surface area contributed by atoms with Crippen LogP contribution in [-0.4, -0.2) is 55.4 Å². The molecule has 0 atom stereocenters. The summed E-state index contributed by atoms with van der Waals surface area (Å²) in [5, 5.41) is 16.6. The Morgan fingerprint density at radius 3 is 2.18 bits per heavy atom. The van der Waals surface area contributed by atoms with E-state index >= 15 is 0 Å². The van der Waals surface area contributed by atoms with Crippen LogP contribution in [0.1, 0.15) is 41.5 Å². The second kappa shape index (κ2) is 13.4. The highest BCUT2D eigenvalue weighted by molar-refractivity contribution is 5.96. The van der Waals surface area contributed by atoms with E-state index < -0.39 is 18.1 Å². The summed E-state index contributed by atoms with van der Waals surface area (Å²) in [6, 6.07) is 19.0. The SMILES string of the molecule is CCCCc1nc2nc(OC)ccc2n1Cc1ccc(-c2ccccc2C(=O)O)cc1.O.O=C(O)C(F)(F)F. The number of hydrogen-bond donors (Lipinski definition) is 2. The van der Waals surface area contributed by atoms with Gasteiger partial charge in [0.2, 0.25) is 5.88 Å². The van der Waals surface area contributed by atoms with Crippen LogP contribution in [-0.2, 0) is 17.8 Å². The van der Waals surface area contributed by atoms with Crippen molar-refractivity contribution in [3.8, 4) is 17.0 Å². The normalized spacial score (nSPS) is 10.8. The van der Waals surface area contributed by atoms with E-state index in [9.17, 15) is 23.1 Å². The number of aryl methyl sites for hydroxylation is 1. The van der Waals surface area contributed by atoms with Crippen molar-refractivity contribution in [3.63, 3.8) is 0 Å². The molecule has 4 rings (SSSR count). The molecule has 0 saturated heterocycles. The molecule has 12 heteroatoms. The first-order valence-corrected chi connectivity index (χ1v) is 11.7. The molecule has 0 spiro atoms. The van der Waals surface area contributed by atoms with Gasteiger partial charge in [-0.2, -0.15) is 18.2 Å². The number of ether oxygens (including phenoxy) is 1. The highest BCUT2D eigenvalue weighted by Gasteiger charge is 2.38. The van der Waals surface area contributed by atoms with Crippen LogP contribution in [0.15, 0.2) is 60.7 Å². The third kappa shape index (κ3) is 7.77. The van der Waals surface area contributed by atoms with Crippen LogP contribution >= 0.6 is 0 Å². The van der Waals surface area contributed by atoms with Gasteiger partial charge in [-0.25, -0.2) is 14.6 Å². The number of pyridine rings is 1. The number of hydrogen-bond acceptors (Lipinski definition) is 5. The molecule has 2 aromatic heterocycles. The lowest BCUT2D eigenvalue weighted by Crippen LogP contribution is -2.21. The number of aromatic nitrogens is 3. The van der Waals surface area contributed by atoms with E-state index in [0.29, 0.717) is 23.6 Å². The number of fused-ring (bicyclic) bond motifs is 1. The molecule has 0 bridgehead atoms. The van der Waals surface area contributed by atoms with Gasteiger partial charge in [0.05, 0.1) is 18.2 Å². The van der Waals surface area contributed by atoms with Crippen LogP contribution in [0.25, 0.3) is 22.3 Å². The number of carboxylic acid groups (broad SMARTS) is 2. The zero-order valence-corrected chi connectivity index (χ0v) is 21.2. The van der Waals surface area contributed by atoms with E-state index in [1.807, 2.05) is 48.5 Å². The number of aromatic carboxylic acids is 1. The molecular weight excluding hydrogens is 519 g/mol. The van der Waals surface area contributed by atoms with Crippen molar-refractivity contribution in [2.75, 3.05) is 7.11 Å². The van der Waals surface area contributed by atoms with Gasteiger partial charge in [0.1, 0.15) is 5.82 Å². The molecule has 2 aromatic carbocycles. The van der Waals surface area contributed by atoms with Gasteiger partial charge in [-0.3, -0.25) is 0 Å². The van der Waals surface area contributed by atoms with Gasteiger partial charge in [0.15, 0.2) is 5.65 Å². The van der Waals surface area contributed by atoms with E-state index in [-0.39, 0.29) is 5.48 Å². The second-order valence-corrected chi connectivity index (χ2v) is 8.26. The number of aliphatic carboxylic acids is 1. The lowest BCUT2D eigenvalue weighted by atomic mass is 9.99. The largest absolute Gasteiger partial charge is 0.490 e. The van der Waals surface area contributed by atoms with Crippen molar-refractivity contribution < 1.29 is 43.2 Å². The summed E-state index contributed by atoms with van der Waals surface area (Å²) in [6.07, 6.45) is -2.04. The zero-order chi connectivity index (χ0) is 27.9. The second-order valence-electron chi connectivity index (χ2n) is 8.26. The number of methoxy groups -OCH3 is 1. The Morgan fingerprint density at radius 2 is 1.62 bits per heavy atom. The number of rotatable bonds is 8. The minimum Gasteiger partial charge on any atom is -0.481 e. The highest BCUT2D eigenvalue weighted by atomic mass is 19.4. The summed E-state index contributed by atoms with van der Waals surface area (Å²) in [6.45, 7) is 2.84. The number of halogens is 3. The summed E-state index contributed by atoms with van der Waals surface area (Å²) in [5.41, 5.74) is 4.69. The van der Waals surface area contributed by atoms with E-state index in [1.54, 1.807) is 19.2 Å². The monoisotopic (exact) mass is 547 g/mol. The Labute approximate surface area is 221 Å². The molecule has 0 aliphatic heterocycles. The van der Waals surface area contributed by atoms with Gasteiger partial charge < -0.3 is 25.0 Å². The maximum Gasteiger partial charge on any atom is 0.490 e. The minimum absolute atomic E-state index is 0. The number of benzene rings is 2. The minimum atomic E-state index is -5.08. The standard InChI is InChI=1S/C25H25N3O3.C2HF3O2.H2O/c1-3-4-9-22-26-24-21(14-15-23(27-24)31-2)28(22)16-17-10-12-18(13-11-17)19-7-5-6-8-20(19)25(29)30;3-2(4,5)1(6)7;/h5-8,10-15H,3-4,9,16H2,1-2H3,(H,29,30);(H,6,7);1H2. The molecule has 208 valence electrons. The molecule has 9 nitrogen and oxygen atoms in total. The average Bonchev–Trinajstić information content (AvgIpc) is 3.23. The quantitative estimate of drug-likeness (QED) is 0.315. The van der Waals surface area contributed by atoms with Crippen molar-refractivity contribution in [1.82, 2.24) is 14.5 Å². The van der Waals surface area contributed by atoms with Gasteiger partial charge in [-0.05, 0) is 35.2 Å². The fourth-order valence-corrected chi connectivity index (χ4v) is 3.75. The summed E-state index contributed by atoms with van der Waals surface area (Å²) < 4.78 is 39.2. The Morgan fingerprint density at radius 1 is 0.974 bits per heavy atom. The molecule has 0 unspecified atom stereocenters. The van der Waals surface area contributed by atoms with Gasteiger partial charge in [0, 0.05) is 19.0 Å². The van der Waals surface area contributed by atoms with Gasteiger partial charge in [0.25, 0.3) is 0 Å². The number of nitrogens with zero attached hydrogens (tertiary/aromatic N) is 3. The number of unbranched alkanes of at least 4 members (excludes halogenated alkanes) is 1. The Bertz CT molecular complexity index is 1420. The van der Waals surface area contributed by atoms with Gasteiger partial charge in [-0.1, -0.05) is 55.8 Å². The third-order valence-electron chi connectivity index (χ3n) is 5.63. The van der Waals surface area contributed by atoms with Crippen molar-refractivity contribution in [2.24, 2.45) is 0 Å². The Balaban J connectivity index is 0.000000592. The lowest BCUT2D eigenvalue weighted by molar-refractivity contribution is -0.192. The third-order valence-corrected chi connectivity index (χ3v) is 5.63. The van der Waals surface area contributed by atoms with E-state index in [2.05, 4.69) is 16.5 Å². The molecule has 0 saturated carbocycles. The zero-order valence-electron chi connectivity index (χ0n) is 21.2. The fraction of sp³-hybridized carbons (Fsp3) is 0.259. The predicted octanol–water partition coefficient (Wildman–Crippen LogP) is 5.00.